The van der Waals surface area contributed by atoms with Crippen molar-refractivity contribution in [2.45, 2.75) is 18.9 Å². The van der Waals surface area contributed by atoms with E-state index in [1.54, 1.807) is 6.07 Å². The molecule has 0 aliphatic rings. The molecule has 0 aliphatic heterocycles. The van der Waals surface area contributed by atoms with Crippen LogP contribution in [-0.2, 0) is 16.0 Å². The van der Waals surface area contributed by atoms with E-state index < -0.39 is 30.6 Å². The molecule has 1 unspecified atom stereocenters. The Morgan fingerprint density at radius 3 is 2.26 bits per heavy atom. The number of carbonyl (C=O) groups excluding carboxylic acids is 1. The Morgan fingerprint density at radius 1 is 0.963 bits per heavy atom. The summed E-state index contributed by atoms with van der Waals surface area (Å²) in [6.45, 7) is -0.542. The SMILES string of the molecule is O=C(O)CNC(=O)NC(CC(=O)O)Cc1ccc(-c2cccc(Cl)c2)cc1. The Hall–Kier alpha value is -3.06. The molecule has 8 heteroatoms. The zero-order chi connectivity index (χ0) is 19.8. The largest absolute Gasteiger partial charge is 0.481 e. The third kappa shape index (κ3) is 6.99. The second-order valence-electron chi connectivity index (χ2n) is 5.93. The molecule has 4 N–H and O–H groups in total. The van der Waals surface area contributed by atoms with Crippen molar-refractivity contribution in [1.82, 2.24) is 10.6 Å². The maximum atomic E-state index is 11.7. The molecule has 0 aliphatic carbocycles. The molecule has 142 valence electrons. The zero-order valence-corrected chi connectivity index (χ0v) is 15.1. The van der Waals surface area contributed by atoms with Gasteiger partial charge < -0.3 is 20.8 Å². The van der Waals surface area contributed by atoms with Gasteiger partial charge in [-0.25, -0.2) is 4.79 Å². The van der Waals surface area contributed by atoms with Gasteiger partial charge >= 0.3 is 18.0 Å². The summed E-state index contributed by atoms with van der Waals surface area (Å²) < 4.78 is 0. The van der Waals surface area contributed by atoms with Crippen molar-refractivity contribution >= 4 is 29.6 Å². The number of carbonyl (C=O) groups is 3. The van der Waals surface area contributed by atoms with Gasteiger partial charge in [0.2, 0.25) is 0 Å². The van der Waals surface area contributed by atoms with Gasteiger partial charge in [0.25, 0.3) is 0 Å². The molecular formula is C19H19ClN2O5. The highest BCUT2D eigenvalue weighted by molar-refractivity contribution is 6.30. The summed E-state index contributed by atoms with van der Waals surface area (Å²) in [5.74, 6) is -2.24. The molecule has 0 saturated heterocycles. The summed E-state index contributed by atoms with van der Waals surface area (Å²) in [5, 5.41) is 22.9. The Kier molecular flexibility index (Phi) is 7.19. The average Bonchev–Trinajstić information content (AvgIpc) is 2.60. The first kappa shape index (κ1) is 20.3. The van der Waals surface area contributed by atoms with E-state index in [2.05, 4.69) is 10.6 Å². The maximum absolute atomic E-state index is 11.7. The normalized spacial score (nSPS) is 11.4. The van der Waals surface area contributed by atoms with E-state index in [-0.39, 0.29) is 6.42 Å². The molecule has 0 radical (unpaired) electrons. The molecule has 0 saturated carbocycles. The van der Waals surface area contributed by atoms with Gasteiger partial charge in [-0.05, 0) is 35.2 Å². The molecule has 2 aromatic rings. The number of urea groups is 1. The Morgan fingerprint density at radius 2 is 1.67 bits per heavy atom. The van der Waals surface area contributed by atoms with Crippen LogP contribution in [0.15, 0.2) is 48.5 Å². The lowest BCUT2D eigenvalue weighted by molar-refractivity contribution is -0.138. The Bertz CT molecular complexity index is 823. The molecule has 0 fully saturated rings. The molecule has 0 aromatic heterocycles. The van der Waals surface area contributed by atoms with Crippen molar-refractivity contribution in [2.24, 2.45) is 0 Å². The van der Waals surface area contributed by atoms with Gasteiger partial charge in [0.05, 0.1) is 6.42 Å². The van der Waals surface area contributed by atoms with E-state index >= 15 is 0 Å². The monoisotopic (exact) mass is 390 g/mol. The molecule has 2 amide bonds. The fraction of sp³-hybridized carbons (Fsp3) is 0.211. The van der Waals surface area contributed by atoms with Crippen molar-refractivity contribution in [2.75, 3.05) is 6.54 Å². The maximum Gasteiger partial charge on any atom is 0.323 e. The third-order valence-electron chi connectivity index (χ3n) is 3.75. The first-order valence-corrected chi connectivity index (χ1v) is 8.54. The molecule has 0 bridgehead atoms. The molecule has 27 heavy (non-hydrogen) atoms. The highest BCUT2D eigenvalue weighted by Gasteiger charge is 2.17. The van der Waals surface area contributed by atoms with Crippen molar-refractivity contribution < 1.29 is 24.6 Å². The van der Waals surface area contributed by atoms with Gasteiger partial charge in [0, 0.05) is 11.1 Å². The summed E-state index contributed by atoms with van der Waals surface area (Å²) in [4.78, 5) is 33.2. The van der Waals surface area contributed by atoms with Crippen LogP contribution in [0.5, 0.6) is 0 Å². The van der Waals surface area contributed by atoms with Crippen LogP contribution < -0.4 is 10.6 Å². The van der Waals surface area contributed by atoms with Crippen LogP contribution >= 0.6 is 11.6 Å². The molecule has 7 nitrogen and oxygen atoms in total. The summed E-state index contributed by atoms with van der Waals surface area (Å²) in [7, 11) is 0. The van der Waals surface area contributed by atoms with Crippen molar-refractivity contribution in [3.8, 4) is 11.1 Å². The van der Waals surface area contributed by atoms with Gasteiger partial charge in [-0.15, -0.1) is 0 Å². The van der Waals surface area contributed by atoms with Gasteiger partial charge in [-0.3, -0.25) is 9.59 Å². The predicted molar refractivity (Wildman–Crippen MR) is 101 cm³/mol. The van der Waals surface area contributed by atoms with Gasteiger partial charge in [0.15, 0.2) is 0 Å². The number of hydrogen-bond acceptors (Lipinski definition) is 3. The number of carboxylic acid groups (broad SMARTS) is 2. The minimum atomic E-state index is -1.18. The number of benzene rings is 2. The smallest absolute Gasteiger partial charge is 0.323 e. The van der Waals surface area contributed by atoms with Crippen LogP contribution in [-0.4, -0.2) is 40.8 Å². The van der Waals surface area contributed by atoms with E-state index in [1.807, 2.05) is 42.5 Å². The van der Waals surface area contributed by atoms with Crippen molar-refractivity contribution in [3.63, 3.8) is 0 Å². The van der Waals surface area contributed by atoms with Gasteiger partial charge in [0.1, 0.15) is 6.54 Å². The van der Waals surface area contributed by atoms with Crippen LogP contribution in [0.25, 0.3) is 11.1 Å². The summed E-state index contributed by atoms with van der Waals surface area (Å²) >= 11 is 6.00. The lowest BCUT2D eigenvalue weighted by Crippen LogP contribution is -2.45. The molecule has 1 atom stereocenters. The van der Waals surface area contributed by atoms with Crippen molar-refractivity contribution in [3.05, 3.63) is 59.1 Å². The number of halogens is 1. The second kappa shape index (κ2) is 9.59. The number of amides is 2. The zero-order valence-electron chi connectivity index (χ0n) is 14.3. The predicted octanol–water partition coefficient (Wildman–Crippen LogP) is 2.78. The molecular weight excluding hydrogens is 372 g/mol. The van der Waals surface area contributed by atoms with Crippen LogP contribution in [0.1, 0.15) is 12.0 Å². The van der Waals surface area contributed by atoms with E-state index in [0.717, 1.165) is 16.7 Å². The minimum Gasteiger partial charge on any atom is -0.481 e. The van der Waals surface area contributed by atoms with Gasteiger partial charge in [-0.1, -0.05) is 48.0 Å². The summed E-state index contributed by atoms with van der Waals surface area (Å²) in [6, 6.07) is 13.5. The topological polar surface area (TPSA) is 116 Å². The number of hydrogen-bond donors (Lipinski definition) is 4. The minimum absolute atomic E-state index is 0.281. The van der Waals surface area contributed by atoms with E-state index in [4.69, 9.17) is 21.8 Å². The quantitative estimate of drug-likeness (QED) is 0.553. The second-order valence-corrected chi connectivity index (χ2v) is 6.36. The fourth-order valence-corrected chi connectivity index (χ4v) is 2.75. The van der Waals surface area contributed by atoms with E-state index in [9.17, 15) is 14.4 Å². The van der Waals surface area contributed by atoms with Crippen LogP contribution in [0.2, 0.25) is 5.02 Å². The van der Waals surface area contributed by atoms with E-state index in [1.165, 1.54) is 0 Å². The van der Waals surface area contributed by atoms with Crippen LogP contribution in [0.4, 0.5) is 4.79 Å². The van der Waals surface area contributed by atoms with Crippen molar-refractivity contribution in [1.29, 1.82) is 0 Å². The molecule has 0 spiro atoms. The third-order valence-corrected chi connectivity index (χ3v) is 3.99. The summed E-state index contributed by atoms with van der Waals surface area (Å²) in [6.07, 6.45) is 0.0130. The lowest BCUT2D eigenvalue weighted by Gasteiger charge is -2.17. The molecule has 2 aromatic carbocycles. The number of rotatable bonds is 8. The fourth-order valence-electron chi connectivity index (χ4n) is 2.56. The van der Waals surface area contributed by atoms with Gasteiger partial charge in [-0.2, -0.15) is 0 Å². The Balaban J connectivity index is 2.04. The average molecular weight is 391 g/mol. The number of aliphatic carboxylic acids is 2. The standard InChI is InChI=1S/C19H19ClN2O5/c20-15-3-1-2-14(9-15)13-6-4-12(5-7-13)8-16(10-17(23)24)22-19(27)21-11-18(25)26/h1-7,9,16H,8,10-11H2,(H,23,24)(H,25,26)(H2,21,22,27). The summed E-state index contributed by atoms with van der Waals surface area (Å²) in [5.41, 5.74) is 2.76. The first-order valence-electron chi connectivity index (χ1n) is 8.16. The number of carboxylic acids is 2. The van der Waals surface area contributed by atoms with Crippen LogP contribution in [0, 0.1) is 0 Å². The lowest BCUT2D eigenvalue weighted by atomic mass is 9.99. The number of nitrogens with one attached hydrogen (secondary N) is 2. The first-order chi connectivity index (χ1) is 12.8. The highest BCUT2D eigenvalue weighted by atomic mass is 35.5. The van der Waals surface area contributed by atoms with E-state index in [0.29, 0.717) is 11.4 Å². The molecule has 2 rings (SSSR count). The molecule has 0 heterocycles. The highest BCUT2D eigenvalue weighted by Crippen LogP contribution is 2.23. The Labute approximate surface area is 161 Å². The van der Waals surface area contributed by atoms with Crippen LogP contribution in [0.3, 0.4) is 0 Å².